The van der Waals surface area contributed by atoms with Gasteiger partial charge < -0.3 is 5.32 Å². The van der Waals surface area contributed by atoms with Gasteiger partial charge in [-0.15, -0.1) is 11.3 Å². The van der Waals surface area contributed by atoms with Gasteiger partial charge in [0, 0.05) is 19.6 Å². The highest BCUT2D eigenvalue weighted by molar-refractivity contribution is 7.91. The summed E-state index contributed by atoms with van der Waals surface area (Å²) in [6, 6.07) is 9.76. The number of hydrogen-bond donors (Lipinski definition) is 1. The Bertz CT molecular complexity index is 853. The summed E-state index contributed by atoms with van der Waals surface area (Å²) < 4.78 is 40.5. The van der Waals surface area contributed by atoms with Gasteiger partial charge in [-0.2, -0.15) is 4.31 Å². The van der Waals surface area contributed by atoms with E-state index in [2.05, 4.69) is 5.32 Å². The molecule has 1 aliphatic rings. The molecular formula is C18H21FN2O3S2. The molecule has 3 rings (SSSR count). The Morgan fingerprint density at radius 2 is 2.08 bits per heavy atom. The molecule has 0 aliphatic carbocycles. The predicted octanol–water partition coefficient (Wildman–Crippen LogP) is 2.65. The van der Waals surface area contributed by atoms with E-state index in [1.165, 1.54) is 21.7 Å². The first-order valence-electron chi connectivity index (χ1n) is 8.53. The van der Waals surface area contributed by atoms with Crippen LogP contribution in [-0.4, -0.2) is 38.3 Å². The first kappa shape index (κ1) is 19.0. The minimum absolute atomic E-state index is 0.174. The Hall–Kier alpha value is -1.77. The summed E-state index contributed by atoms with van der Waals surface area (Å²) in [5.74, 6) is -0.834. The van der Waals surface area contributed by atoms with E-state index in [0.717, 1.165) is 0 Å². The maximum Gasteiger partial charge on any atom is 0.252 e. The van der Waals surface area contributed by atoms with E-state index < -0.39 is 10.0 Å². The van der Waals surface area contributed by atoms with Gasteiger partial charge in [0.15, 0.2) is 0 Å². The van der Waals surface area contributed by atoms with Crippen LogP contribution in [0.15, 0.2) is 46.0 Å². The van der Waals surface area contributed by atoms with Crippen LogP contribution in [0.4, 0.5) is 4.39 Å². The Balaban J connectivity index is 1.56. The third-order valence-corrected chi connectivity index (χ3v) is 7.73. The second-order valence-corrected chi connectivity index (χ2v) is 9.38. The SMILES string of the molecule is O=C(NCCc1ccccc1F)[C@@H]1CCCN(S(=O)(=O)c2cccs2)C1. The summed E-state index contributed by atoms with van der Waals surface area (Å²) in [5, 5.41) is 4.54. The molecule has 1 fully saturated rings. The quantitative estimate of drug-likeness (QED) is 0.816. The minimum atomic E-state index is -3.53. The zero-order chi connectivity index (χ0) is 18.6. The molecule has 2 heterocycles. The van der Waals surface area contributed by atoms with Crippen LogP contribution in [0, 0.1) is 11.7 Å². The summed E-state index contributed by atoms with van der Waals surface area (Å²) in [4.78, 5) is 12.4. The number of nitrogens with one attached hydrogen (secondary N) is 1. The fraction of sp³-hybridized carbons (Fsp3) is 0.389. The van der Waals surface area contributed by atoms with Crippen LogP contribution in [0.5, 0.6) is 0 Å². The van der Waals surface area contributed by atoms with Gasteiger partial charge in [-0.25, -0.2) is 12.8 Å². The van der Waals surface area contributed by atoms with Crippen molar-refractivity contribution in [1.29, 1.82) is 0 Å². The van der Waals surface area contributed by atoms with E-state index in [-0.39, 0.29) is 24.2 Å². The van der Waals surface area contributed by atoms with Crippen LogP contribution in [0.1, 0.15) is 18.4 Å². The molecule has 1 amide bonds. The molecule has 26 heavy (non-hydrogen) atoms. The van der Waals surface area contributed by atoms with Gasteiger partial charge >= 0.3 is 0 Å². The summed E-state index contributed by atoms with van der Waals surface area (Å²) in [6.45, 7) is 0.943. The highest BCUT2D eigenvalue weighted by Crippen LogP contribution is 2.26. The second-order valence-electron chi connectivity index (χ2n) is 6.27. The van der Waals surface area contributed by atoms with Crippen molar-refractivity contribution in [3.8, 4) is 0 Å². The van der Waals surface area contributed by atoms with Crippen molar-refractivity contribution >= 4 is 27.3 Å². The topological polar surface area (TPSA) is 66.5 Å². The molecule has 0 saturated carbocycles. The average molecular weight is 397 g/mol. The number of amides is 1. The van der Waals surface area contributed by atoms with E-state index in [0.29, 0.717) is 42.1 Å². The Kier molecular flexibility index (Phi) is 6.05. The predicted molar refractivity (Wildman–Crippen MR) is 98.9 cm³/mol. The molecule has 1 N–H and O–H groups in total. The second kappa shape index (κ2) is 8.28. The number of thiophene rings is 1. The van der Waals surface area contributed by atoms with Gasteiger partial charge in [0.25, 0.3) is 10.0 Å². The number of sulfonamides is 1. The van der Waals surface area contributed by atoms with Crippen molar-refractivity contribution < 1.29 is 17.6 Å². The van der Waals surface area contributed by atoms with Gasteiger partial charge in [-0.3, -0.25) is 4.79 Å². The summed E-state index contributed by atoms with van der Waals surface area (Å²) in [7, 11) is -3.53. The lowest BCUT2D eigenvalue weighted by Crippen LogP contribution is -2.45. The largest absolute Gasteiger partial charge is 0.355 e. The number of nitrogens with zero attached hydrogens (tertiary/aromatic N) is 1. The maximum atomic E-state index is 13.6. The fourth-order valence-electron chi connectivity index (χ4n) is 3.08. The molecule has 2 aromatic rings. The Morgan fingerprint density at radius 3 is 2.81 bits per heavy atom. The molecule has 8 heteroatoms. The van der Waals surface area contributed by atoms with E-state index in [9.17, 15) is 17.6 Å². The highest BCUT2D eigenvalue weighted by atomic mass is 32.2. The molecule has 140 valence electrons. The lowest BCUT2D eigenvalue weighted by atomic mass is 9.99. The number of rotatable bonds is 6. The van der Waals surface area contributed by atoms with Crippen molar-refractivity contribution in [2.24, 2.45) is 5.92 Å². The summed E-state index contributed by atoms with van der Waals surface area (Å²) >= 11 is 1.18. The first-order chi connectivity index (χ1) is 12.5. The van der Waals surface area contributed by atoms with Gasteiger partial charge in [0.05, 0.1) is 5.92 Å². The van der Waals surface area contributed by atoms with Crippen molar-refractivity contribution in [2.75, 3.05) is 19.6 Å². The van der Waals surface area contributed by atoms with Gasteiger partial charge in [-0.05, 0) is 42.3 Å². The van der Waals surface area contributed by atoms with Crippen LogP contribution < -0.4 is 5.32 Å². The molecule has 0 bridgehead atoms. The Labute approximate surface area is 156 Å². The molecule has 5 nitrogen and oxygen atoms in total. The highest BCUT2D eigenvalue weighted by Gasteiger charge is 2.33. The lowest BCUT2D eigenvalue weighted by Gasteiger charge is -2.30. The normalized spacial score (nSPS) is 18.6. The van der Waals surface area contributed by atoms with Crippen LogP contribution in [0.25, 0.3) is 0 Å². The van der Waals surface area contributed by atoms with E-state index in [4.69, 9.17) is 0 Å². The molecule has 0 unspecified atom stereocenters. The minimum Gasteiger partial charge on any atom is -0.355 e. The van der Waals surface area contributed by atoms with E-state index >= 15 is 0 Å². The summed E-state index contributed by atoms with van der Waals surface area (Å²) in [5.41, 5.74) is 0.554. The molecule has 1 aliphatic heterocycles. The van der Waals surface area contributed by atoms with Crippen LogP contribution in [-0.2, 0) is 21.2 Å². The van der Waals surface area contributed by atoms with Crippen molar-refractivity contribution in [3.63, 3.8) is 0 Å². The number of hydrogen-bond acceptors (Lipinski definition) is 4. The molecule has 1 aromatic heterocycles. The molecule has 1 aromatic carbocycles. The number of carbonyl (C=O) groups excluding carboxylic acids is 1. The Morgan fingerprint density at radius 1 is 1.27 bits per heavy atom. The van der Waals surface area contributed by atoms with Crippen molar-refractivity contribution in [2.45, 2.75) is 23.5 Å². The van der Waals surface area contributed by atoms with Crippen molar-refractivity contribution in [3.05, 3.63) is 53.2 Å². The first-order valence-corrected chi connectivity index (χ1v) is 10.9. The van der Waals surface area contributed by atoms with Crippen LogP contribution in [0.2, 0.25) is 0 Å². The smallest absolute Gasteiger partial charge is 0.252 e. The molecular weight excluding hydrogens is 375 g/mol. The third kappa shape index (κ3) is 4.31. The number of benzene rings is 1. The van der Waals surface area contributed by atoms with Crippen LogP contribution in [0.3, 0.4) is 0 Å². The maximum absolute atomic E-state index is 13.6. The average Bonchev–Trinajstić information content (AvgIpc) is 3.19. The lowest BCUT2D eigenvalue weighted by molar-refractivity contribution is -0.126. The molecule has 0 spiro atoms. The molecule has 1 saturated heterocycles. The zero-order valence-electron chi connectivity index (χ0n) is 14.2. The zero-order valence-corrected chi connectivity index (χ0v) is 15.9. The van der Waals surface area contributed by atoms with E-state index in [1.807, 2.05) is 0 Å². The number of carbonyl (C=O) groups is 1. The summed E-state index contributed by atoms with van der Waals surface area (Å²) in [6.07, 6.45) is 1.71. The monoisotopic (exact) mass is 396 g/mol. The van der Waals surface area contributed by atoms with Gasteiger partial charge in [-0.1, -0.05) is 24.3 Å². The van der Waals surface area contributed by atoms with Gasteiger partial charge in [0.1, 0.15) is 10.0 Å². The molecule has 0 radical (unpaired) electrons. The number of piperidine rings is 1. The van der Waals surface area contributed by atoms with Gasteiger partial charge in [0.2, 0.25) is 5.91 Å². The van der Waals surface area contributed by atoms with Crippen molar-refractivity contribution in [1.82, 2.24) is 9.62 Å². The van der Waals surface area contributed by atoms with E-state index in [1.54, 1.807) is 35.7 Å². The third-order valence-electron chi connectivity index (χ3n) is 4.50. The fourth-order valence-corrected chi connectivity index (χ4v) is 5.75. The molecule has 1 atom stereocenters. The number of halogens is 1. The standard InChI is InChI=1S/C18H21FN2O3S2/c19-16-7-2-1-5-14(16)9-10-20-18(22)15-6-3-11-21(13-15)26(23,24)17-8-4-12-25-17/h1-2,4-5,7-8,12,15H,3,6,9-11,13H2,(H,20,22)/t15-/m1/s1. The van der Waals surface area contributed by atoms with Crippen LogP contribution >= 0.6 is 11.3 Å².